The van der Waals surface area contributed by atoms with Gasteiger partial charge in [-0.3, -0.25) is 0 Å². The van der Waals surface area contributed by atoms with Crippen LogP contribution < -0.4 is 11.1 Å². The Morgan fingerprint density at radius 2 is 2.15 bits per heavy atom. The van der Waals surface area contributed by atoms with E-state index >= 15 is 0 Å². The maximum Gasteiger partial charge on any atom is 0.216 e. The molecule has 2 heterocycles. The summed E-state index contributed by atoms with van der Waals surface area (Å²) in [6.45, 7) is 5.86. The van der Waals surface area contributed by atoms with Gasteiger partial charge in [0.1, 0.15) is 11.8 Å². The van der Waals surface area contributed by atoms with Gasteiger partial charge in [0.15, 0.2) is 0 Å². The minimum atomic E-state index is -0.0526. The number of aryl methyl sites for hydroxylation is 2. The van der Waals surface area contributed by atoms with Crippen molar-refractivity contribution in [3.63, 3.8) is 0 Å². The van der Waals surface area contributed by atoms with Crippen molar-refractivity contribution < 1.29 is 4.42 Å². The van der Waals surface area contributed by atoms with Crippen LogP contribution in [-0.4, -0.2) is 9.97 Å². The number of nitrogens with zero attached hydrogens (tertiary/aromatic N) is 2. The number of nitrogens with one attached hydrogen (secondary N) is 1. The molecule has 0 aliphatic heterocycles. The molecule has 0 aliphatic rings. The lowest BCUT2D eigenvalue weighted by Gasteiger charge is -2.14. The van der Waals surface area contributed by atoms with Gasteiger partial charge >= 0.3 is 0 Å². The number of rotatable bonds is 3. The molecule has 5 nitrogen and oxygen atoms in total. The molecule has 0 radical (unpaired) electrons. The van der Waals surface area contributed by atoms with Gasteiger partial charge in [-0.25, -0.2) is 9.97 Å². The Bertz CT molecular complexity index is 762. The molecule has 1 unspecified atom stereocenters. The van der Waals surface area contributed by atoms with Gasteiger partial charge in [-0.1, -0.05) is 0 Å². The fourth-order valence-corrected chi connectivity index (χ4v) is 2.95. The number of thiazole rings is 1. The van der Waals surface area contributed by atoms with Crippen LogP contribution >= 0.6 is 11.3 Å². The number of nitrogens with two attached hydrogens (primary N) is 1. The molecule has 1 atom stereocenters. The molecule has 0 aliphatic carbocycles. The smallest absolute Gasteiger partial charge is 0.216 e. The first-order valence-electron chi connectivity index (χ1n) is 6.38. The van der Waals surface area contributed by atoms with Crippen LogP contribution in [-0.2, 0) is 0 Å². The standard InChI is InChI=1S/C14H16N4OS/c1-7-6-16-14(19-7)8(2)17-11-5-12-13(4-10(11)15)20-9(3)18-12/h4-6,8,17H,15H2,1-3H3. The maximum absolute atomic E-state index is 6.09. The van der Waals surface area contributed by atoms with Crippen molar-refractivity contribution in [3.8, 4) is 0 Å². The van der Waals surface area contributed by atoms with Crippen molar-refractivity contribution in [2.75, 3.05) is 11.1 Å². The van der Waals surface area contributed by atoms with Crippen LogP contribution in [0.5, 0.6) is 0 Å². The van der Waals surface area contributed by atoms with Crippen molar-refractivity contribution in [1.82, 2.24) is 9.97 Å². The van der Waals surface area contributed by atoms with Gasteiger partial charge in [-0.2, -0.15) is 0 Å². The van der Waals surface area contributed by atoms with E-state index in [1.807, 2.05) is 32.9 Å². The lowest BCUT2D eigenvalue weighted by Crippen LogP contribution is -2.08. The molecule has 0 bridgehead atoms. The molecular weight excluding hydrogens is 272 g/mol. The minimum Gasteiger partial charge on any atom is -0.444 e. The first kappa shape index (κ1) is 12.9. The number of aromatic nitrogens is 2. The number of nitrogen functional groups attached to an aromatic ring is 1. The van der Waals surface area contributed by atoms with Crippen LogP contribution in [0.2, 0.25) is 0 Å². The molecule has 104 valence electrons. The fraction of sp³-hybridized carbons (Fsp3) is 0.286. The maximum atomic E-state index is 6.09. The largest absolute Gasteiger partial charge is 0.444 e. The van der Waals surface area contributed by atoms with Crippen LogP contribution in [0.1, 0.15) is 29.6 Å². The summed E-state index contributed by atoms with van der Waals surface area (Å²) < 4.78 is 6.62. The van der Waals surface area contributed by atoms with Gasteiger partial charge < -0.3 is 15.5 Å². The van der Waals surface area contributed by atoms with E-state index in [1.54, 1.807) is 17.5 Å². The van der Waals surface area contributed by atoms with Gasteiger partial charge in [0.05, 0.1) is 32.8 Å². The molecular formula is C14H16N4OS. The predicted molar refractivity (Wildman–Crippen MR) is 82.0 cm³/mol. The van der Waals surface area contributed by atoms with E-state index in [-0.39, 0.29) is 6.04 Å². The number of hydrogen-bond donors (Lipinski definition) is 2. The second kappa shape index (κ2) is 4.79. The number of benzene rings is 1. The zero-order valence-corrected chi connectivity index (χ0v) is 12.4. The molecule has 20 heavy (non-hydrogen) atoms. The molecule has 3 N–H and O–H groups in total. The van der Waals surface area contributed by atoms with Crippen molar-refractivity contribution >= 4 is 32.9 Å². The quantitative estimate of drug-likeness (QED) is 0.719. The zero-order valence-electron chi connectivity index (χ0n) is 11.6. The summed E-state index contributed by atoms with van der Waals surface area (Å²) in [5.74, 6) is 1.45. The van der Waals surface area contributed by atoms with Gasteiger partial charge in [0.25, 0.3) is 0 Å². The third-order valence-electron chi connectivity index (χ3n) is 3.05. The summed E-state index contributed by atoms with van der Waals surface area (Å²) in [6.07, 6.45) is 1.71. The minimum absolute atomic E-state index is 0.0526. The highest BCUT2D eigenvalue weighted by Gasteiger charge is 2.14. The molecule has 0 saturated carbocycles. The Hall–Kier alpha value is -2.08. The van der Waals surface area contributed by atoms with Gasteiger partial charge in [-0.15, -0.1) is 11.3 Å². The Kier molecular flexibility index (Phi) is 3.10. The lowest BCUT2D eigenvalue weighted by molar-refractivity contribution is 0.454. The number of fused-ring (bicyclic) bond motifs is 1. The molecule has 0 fully saturated rings. The monoisotopic (exact) mass is 288 g/mol. The number of oxazole rings is 1. The third kappa shape index (κ3) is 2.34. The van der Waals surface area contributed by atoms with Crippen LogP contribution in [0.4, 0.5) is 11.4 Å². The summed E-state index contributed by atoms with van der Waals surface area (Å²) in [6, 6.07) is 3.87. The highest BCUT2D eigenvalue weighted by atomic mass is 32.1. The van der Waals surface area contributed by atoms with E-state index < -0.39 is 0 Å². The van der Waals surface area contributed by atoms with Crippen LogP contribution in [0.3, 0.4) is 0 Å². The molecule has 3 aromatic rings. The lowest BCUT2D eigenvalue weighted by atomic mass is 10.2. The fourth-order valence-electron chi connectivity index (χ4n) is 2.10. The van der Waals surface area contributed by atoms with Crippen molar-refractivity contribution in [2.24, 2.45) is 0 Å². The Morgan fingerprint density at radius 1 is 1.35 bits per heavy atom. The van der Waals surface area contributed by atoms with Gasteiger partial charge in [0, 0.05) is 0 Å². The Labute approximate surface area is 120 Å². The zero-order chi connectivity index (χ0) is 14.3. The van der Waals surface area contributed by atoms with Crippen LogP contribution in [0, 0.1) is 13.8 Å². The highest BCUT2D eigenvalue weighted by molar-refractivity contribution is 7.18. The second-order valence-corrected chi connectivity index (χ2v) is 6.05. The molecule has 1 aromatic carbocycles. The van der Waals surface area contributed by atoms with Gasteiger partial charge in [0.2, 0.25) is 5.89 Å². The molecule has 6 heteroatoms. The first-order chi connectivity index (χ1) is 9.52. The molecule has 3 rings (SSSR count). The highest BCUT2D eigenvalue weighted by Crippen LogP contribution is 2.31. The van der Waals surface area contributed by atoms with Crippen molar-refractivity contribution in [2.45, 2.75) is 26.8 Å². The van der Waals surface area contributed by atoms with E-state index in [2.05, 4.69) is 15.3 Å². The summed E-state index contributed by atoms with van der Waals surface area (Å²) in [5, 5.41) is 4.36. The van der Waals surface area contributed by atoms with E-state index in [1.165, 1.54) is 0 Å². The number of hydrogen-bond acceptors (Lipinski definition) is 6. The molecule has 0 amide bonds. The second-order valence-electron chi connectivity index (χ2n) is 4.82. The molecule has 2 aromatic heterocycles. The van der Waals surface area contributed by atoms with E-state index in [9.17, 15) is 0 Å². The molecule has 0 saturated heterocycles. The normalized spacial score (nSPS) is 12.8. The Morgan fingerprint density at radius 3 is 2.85 bits per heavy atom. The predicted octanol–water partition coefficient (Wildman–Crippen LogP) is 3.66. The van der Waals surface area contributed by atoms with E-state index in [0.717, 1.165) is 26.7 Å². The summed E-state index contributed by atoms with van der Waals surface area (Å²) in [5.41, 5.74) is 8.61. The molecule has 0 spiro atoms. The Balaban J connectivity index is 1.91. The van der Waals surface area contributed by atoms with Crippen molar-refractivity contribution in [1.29, 1.82) is 0 Å². The van der Waals surface area contributed by atoms with Crippen molar-refractivity contribution in [3.05, 3.63) is 35.0 Å². The summed E-state index contributed by atoms with van der Waals surface area (Å²) >= 11 is 1.64. The van der Waals surface area contributed by atoms with E-state index in [0.29, 0.717) is 11.6 Å². The third-order valence-corrected chi connectivity index (χ3v) is 3.98. The van der Waals surface area contributed by atoms with Crippen LogP contribution in [0.15, 0.2) is 22.7 Å². The first-order valence-corrected chi connectivity index (χ1v) is 7.20. The summed E-state index contributed by atoms with van der Waals surface area (Å²) in [7, 11) is 0. The van der Waals surface area contributed by atoms with E-state index in [4.69, 9.17) is 10.2 Å². The number of anilines is 2. The SMILES string of the molecule is Cc1cnc(C(C)Nc2cc3nc(C)sc3cc2N)o1. The summed E-state index contributed by atoms with van der Waals surface area (Å²) in [4.78, 5) is 8.71. The van der Waals surface area contributed by atoms with Crippen LogP contribution in [0.25, 0.3) is 10.2 Å². The topological polar surface area (TPSA) is 77.0 Å². The average Bonchev–Trinajstić information content (AvgIpc) is 2.95. The average molecular weight is 288 g/mol. The van der Waals surface area contributed by atoms with Gasteiger partial charge in [-0.05, 0) is 32.9 Å².